The number of hydrogen-bond donors (Lipinski definition) is 1. The average molecular weight is 346 g/mol. The number of aromatic nitrogens is 1. The summed E-state index contributed by atoms with van der Waals surface area (Å²) in [4.78, 5) is 29.7. The van der Waals surface area contributed by atoms with Gasteiger partial charge in [0.2, 0.25) is 5.91 Å². The standard InChI is InChI=1S/C18H22N2O3S/c1-13(18(22)23)20(11-15-7-4-3-5-8-15)17(21)10-6-9-16-12-24-14(2)19-16/h3-5,7-8,12-13H,6,9-11H2,1-2H3,(H,22,23). The first-order valence-electron chi connectivity index (χ1n) is 7.94. The van der Waals surface area contributed by atoms with E-state index in [0.29, 0.717) is 19.4 Å². The van der Waals surface area contributed by atoms with Crippen LogP contribution in [0.1, 0.15) is 36.0 Å². The number of aryl methyl sites for hydroxylation is 2. The fourth-order valence-corrected chi connectivity index (χ4v) is 3.09. The number of thiazole rings is 1. The van der Waals surface area contributed by atoms with Gasteiger partial charge in [0.15, 0.2) is 0 Å². The molecule has 1 aromatic carbocycles. The second-order valence-corrected chi connectivity index (χ2v) is 6.80. The average Bonchev–Trinajstić information content (AvgIpc) is 2.98. The molecule has 1 atom stereocenters. The van der Waals surface area contributed by atoms with Crippen molar-refractivity contribution < 1.29 is 14.7 Å². The van der Waals surface area contributed by atoms with E-state index in [-0.39, 0.29) is 5.91 Å². The third-order valence-corrected chi connectivity index (χ3v) is 4.65. The molecule has 1 aromatic heterocycles. The molecule has 1 N–H and O–H groups in total. The van der Waals surface area contributed by atoms with Crippen LogP contribution in [-0.2, 0) is 22.6 Å². The Morgan fingerprint density at radius 1 is 1.29 bits per heavy atom. The van der Waals surface area contributed by atoms with E-state index in [4.69, 9.17) is 0 Å². The van der Waals surface area contributed by atoms with Crippen LogP contribution in [0.2, 0.25) is 0 Å². The predicted octanol–water partition coefficient (Wildman–Crippen LogP) is 3.28. The maximum Gasteiger partial charge on any atom is 0.326 e. The smallest absolute Gasteiger partial charge is 0.326 e. The van der Waals surface area contributed by atoms with Crippen molar-refractivity contribution in [3.63, 3.8) is 0 Å². The van der Waals surface area contributed by atoms with Gasteiger partial charge in [-0.25, -0.2) is 9.78 Å². The Hall–Kier alpha value is -2.21. The molecule has 1 unspecified atom stereocenters. The summed E-state index contributed by atoms with van der Waals surface area (Å²) in [6, 6.07) is 8.60. The molecule has 0 aliphatic carbocycles. The molecule has 128 valence electrons. The van der Waals surface area contributed by atoms with Gasteiger partial charge in [-0.1, -0.05) is 30.3 Å². The topological polar surface area (TPSA) is 70.5 Å². The van der Waals surface area contributed by atoms with Gasteiger partial charge in [-0.15, -0.1) is 11.3 Å². The molecule has 24 heavy (non-hydrogen) atoms. The summed E-state index contributed by atoms with van der Waals surface area (Å²) in [5, 5.41) is 12.3. The largest absolute Gasteiger partial charge is 0.480 e. The Morgan fingerprint density at radius 2 is 2.00 bits per heavy atom. The molecule has 2 aromatic rings. The quantitative estimate of drug-likeness (QED) is 0.796. The number of amides is 1. The second-order valence-electron chi connectivity index (χ2n) is 5.73. The van der Waals surface area contributed by atoms with E-state index in [0.717, 1.165) is 22.7 Å². The number of carbonyl (C=O) groups is 2. The predicted molar refractivity (Wildman–Crippen MR) is 93.9 cm³/mol. The SMILES string of the molecule is Cc1nc(CCCC(=O)N(Cc2ccccc2)C(C)C(=O)O)cs1. The van der Waals surface area contributed by atoms with Crippen LogP contribution in [0, 0.1) is 6.92 Å². The summed E-state index contributed by atoms with van der Waals surface area (Å²) < 4.78 is 0. The van der Waals surface area contributed by atoms with Crippen LogP contribution >= 0.6 is 11.3 Å². The fraction of sp³-hybridized carbons (Fsp3) is 0.389. The molecule has 2 rings (SSSR count). The van der Waals surface area contributed by atoms with Crippen LogP contribution in [0.15, 0.2) is 35.7 Å². The van der Waals surface area contributed by atoms with Crippen molar-refractivity contribution in [3.05, 3.63) is 52.0 Å². The van der Waals surface area contributed by atoms with Gasteiger partial charge in [-0.2, -0.15) is 0 Å². The number of carboxylic acids is 1. The van der Waals surface area contributed by atoms with Crippen molar-refractivity contribution in [2.45, 2.75) is 45.7 Å². The van der Waals surface area contributed by atoms with Crippen molar-refractivity contribution in [1.29, 1.82) is 0 Å². The van der Waals surface area contributed by atoms with Crippen molar-refractivity contribution in [1.82, 2.24) is 9.88 Å². The van der Waals surface area contributed by atoms with Crippen LogP contribution in [-0.4, -0.2) is 32.9 Å². The second kappa shape index (κ2) is 8.59. The zero-order valence-electron chi connectivity index (χ0n) is 13.9. The lowest BCUT2D eigenvalue weighted by atomic mass is 10.1. The monoisotopic (exact) mass is 346 g/mol. The Bertz CT molecular complexity index is 685. The lowest BCUT2D eigenvalue weighted by molar-refractivity contribution is -0.150. The summed E-state index contributed by atoms with van der Waals surface area (Å²) in [6.07, 6.45) is 1.72. The Balaban J connectivity index is 1.97. The Morgan fingerprint density at radius 3 is 2.58 bits per heavy atom. The summed E-state index contributed by atoms with van der Waals surface area (Å²) >= 11 is 1.60. The molecule has 0 spiro atoms. The maximum atomic E-state index is 12.5. The lowest BCUT2D eigenvalue weighted by Crippen LogP contribution is -2.42. The molecule has 0 saturated heterocycles. The summed E-state index contributed by atoms with van der Waals surface area (Å²) in [5.74, 6) is -1.13. The van der Waals surface area contributed by atoms with Gasteiger partial charge in [-0.05, 0) is 32.3 Å². The highest BCUT2D eigenvalue weighted by atomic mass is 32.1. The molecule has 1 heterocycles. The van der Waals surface area contributed by atoms with Gasteiger partial charge < -0.3 is 10.0 Å². The minimum Gasteiger partial charge on any atom is -0.480 e. The first-order valence-corrected chi connectivity index (χ1v) is 8.82. The van der Waals surface area contributed by atoms with E-state index in [2.05, 4.69) is 4.98 Å². The van der Waals surface area contributed by atoms with Gasteiger partial charge in [-0.3, -0.25) is 4.79 Å². The molecule has 0 fully saturated rings. The molecular weight excluding hydrogens is 324 g/mol. The normalized spacial score (nSPS) is 11.9. The number of nitrogens with zero attached hydrogens (tertiary/aromatic N) is 2. The van der Waals surface area contributed by atoms with Crippen LogP contribution in [0.5, 0.6) is 0 Å². The van der Waals surface area contributed by atoms with E-state index in [1.165, 1.54) is 4.90 Å². The summed E-state index contributed by atoms with van der Waals surface area (Å²) in [7, 11) is 0. The number of carboxylic acid groups (broad SMARTS) is 1. The zero-order chi connectivity index (χ0) is 17.5. The highest BCUT2D eigenvalue weighted by Crippen LogP contribution is 2.14. The van der Waals surface area contributed by atoms with E-state index in [9.17, 15) is 14.7 Å². The third kappa shape index (κ3) is 5.16. The minimum absolute atomic E-state index is 0.138. The maximum absolute atomic E-state index is 12.5. The molecule has 0 aliphatic heterocycles. The Labute approximate surface area is 146 Å². The first-order chi connectivity index (χ1) is 11.5. The van der Waals surface area contributed by atoms with Gasteiger partial charge in [0.05, 0.1) is 10.7 Å². The molecule has 0 saturated carbocycles. The van der Waals surface area contributed by atoms with Crippen LogP contribution in [0.25, 0.3) is 0 Å². The number of hydrogen-bond acceptors (Lipinski definition) is 4. The highest BCUT2D eigenvalue weighted by Gasteiger charge is 2.25. The van der Waals surface area contributed by atoms with Crippen molar-refractivity contribution in [3.8, 4) is 0 Å². The number of rotatable bonds is 8. The molecule has 1 amide bonds. The van der Waals surface area contributed by atoms with Crippen molar-refractivity contribution in [2.75, 3.05) is 0 Å². The first kappa shape index (κ1) is 18.1. The summed E-state index contributed by atoms with van der Waals surface area (Å²) in [6.45, 7) is 3.81. The van der Waals surface area contributed by atoms with E-state index < -0.39 is 12.0 Å². The van der Waals surface area contributed by atoms with Gasteiger partial charge in [0.25, 0.3) is 0 Å². The molecule has 0 radical (unpaired) electrons. The molecule has 0 aliphatic rings. The molecule has 6 heteroatoms. The van der Waals surface area contributed by atoms with Crippen LogP contribution in [0.3, 0.4) is 0 Å². The van der Waals surface area contributed by atoms with E-state index >= 15 is 0 Å². The third-order valence-electron chi connectivity index (χ3n) is 3.83. The molecular formula is C18H22N2O3S. The van der Waals surface area contributed by atoms with Crippen molar-refractivity contribution >= 4 is 23.2 Å². The lowest BCUT2D eigenvalue weighted by Gasteiger charge is -2.26. The Kier molecular flexibility index (Phi) is 6.49. The number of carbonyl (C=O) groups excluding carboxylic acids is 1. The number of aliphatic carboxylic acids is 1. The highest BCUT2D eigenvalue weighted by molar-refractivity contribution is 7.09. The van der Waals surface area contributed by atoms with Gasteiger partial charge >= 0.3 is 5.97 Å². The number of benzene rings is 1. The van der Waals surface area contributed by atoms with E-state index in [1.807, 2.05) is 42.6 Å². The summed E-state index contributed by atoms with van der Waals surface area (Å²) in [5.41, 5.74) is 1.92. The van der Waals surface area contributed by atoms with E-state index in [1.54, 1.807) is 18.3 Å². The molecule has 0 bridgehead atoms. The van der Waals surface area contributed by atoms with Crippen LogP contribution in [0.4, 0.5) is 0 Å². The van der Waals surface area contributed by atoms with Crippen LogP contribution < -0.4 is 0 Å². The zero-order valence-corrected chi connectivity index (χ0v) is 14.8. The fourth-order valence-electron chi connectivity index (χ4n) is 2.44. The van der Waals surface area contributed by atoms with Gasteiger partial charge in [0, 0.05) is 18.3 Å². The molecule has 5 nitrogen and oxygen atoms in total. The van der Waals surface area contributed by atoms with Gasteiger partial charge in [0.1, 0.15) is 6.04 Å². The van der Waals surface area contributed by atoms with Crippen molar-refractivity contribution in [2.24, 2.45) is 0 Å². The minimum atomic E-state index is -0.991.